The van der Waals surface area contributed by atoms with Gasteiger partial charge in [-0.2, -0.15) is 0 Å². The fourth-order valence-electron chi connectivity index (χ4n) is 4.74. The molecule has 0 heterocycles. The molecule has 1 unspecified atom stereocenters. The molecule has 0 bridgehead atoms. The summed E-state index contributed by atoms with van der Waals surface area (Å²) in [4.78, 5) is 36.2. The topological polar surface area (TPSA) is 105 Å². The van der Waals surface area contributed by atoms with E-state index in [9.17, 15) is 19.5 Å². The van der Waals surface area contributed by atoms with Crippen molar-refractivity contribution in [3.8, 4) is 11.1 Å². The molecule has 1 fully saturated rings. The molecule has 7 heteroatoms. The molecule has 2 aromatic carbocycles. The Morgan fingerprint density at radius 1 is 1.06 bits per heavy atom. The Balaban J connectivity index is 1.28. The number of rotatable bonds is 9. The van der Waals surface area contributed by atoms with Crippen molar-refractivity contribution >= 4 is 18.0 Å². The number of carboxylic acids is 1. The van der Waals surface area contributed by atoms with Crippen molar-refractivity contribution < 1.29 is 24.2 Å². The Bertz CT molecular complexity index is 1000. The highest BCUT2D eigenvalue weighted by atomic mass is 16.5. The molecular formula is C26H30N2O5. The van der Waals surface area contributed by atoms with E-state index in [2.05, 4.69) is 34.9 Å². The quantitative estimate of drug-likeness (QED) is 0.534. The van der Waals surface area contributed by atoms with Gasteiger partial charge in [0, 0.05) is 18.9 Å². The second kappa shape index (κ2) is 9.65. The van der Waals surface area contributed by atoms with Crippen molar-refractivity contribution in [3.63, 3.8) is 0 Å². The number of fused-ring (bicyclic) bond motifs is 3. The molecule has 0 saturated heterocycles. The molecule has 0 radical (unpaired) electrons. The SMILES string of the molecule is CCC(CNC(=O)OCC1c2ccccc2-c2ccccc21)CC(=O)NC1(C(=O)O)CCC1. The fourth-order valence-corrected chi connectivity index (χ4v) is 4.74. The molecule has 1 saturated carbocycles. The van der Waals surface area contributed by atoms with Crippen LogP contribution in [-0.4, -0.2) is 41.8 Å². The normalized spacial score (nSPS) is 16.6. The lowest BCUT2D eigenvalue weighted by atomic mass is 9.76. The summed E-state index contributed by atoms with van der Waals surface area (Å²) in [5.74, 6) is -1.38. The zero-order valence-electron chi connectivity index (χ0n) is 18.8. The number of carboxylic acid groups (broad SMARTS) is 1. The zero-order chi connectivity index (χ0) is 23.4. The Labute approximate surface area is 193 Å². The van der Waals surface area contributed by atoms with Gasteiger partial charge in [-0.3, -0.25) is 4.79 Å². The van der Waals surface area contributed by atoms with Gasteiger partial charge in [0.25, 0.3) is 0 Å². The molecule has 0 spiro atoms. The van der Waals surface area contributed by atoms with E-state index in [0.29, 0.717) is 25.8 Å². The Morgan fingerprint density at radius 2 is 1.67 bits per heavy atom. The molecule has 0 aliphatic heterocycles. The van der Waals surface area contributed by atoms with Crippen molar-refractivity contribution in [1.29, 1.82) is 0 Å². The minimum absolute atomic E-state index is 0.00872. The largest absolute Gasteiger partial charge is 0.480 e. The van der Waals surface area contributed by atoms with Crippen LogP contribution in [0.1, 0.15) is 56.1 Å². The highest BCUT2D eigenvalue weighted by Gasteiger charge is 2.45. The molecule has 2 aromatic rings. The summed E-state index contributed by atoms with van der Waals surface area (Å²) in [7, 11) is 0. The molecule has 4 rings (SSSR count). The first-order chi connectivity index (χ1) is 15.9. The molecule has 2 amide bonds. The van der Waals surface area contributed by atoms with Gasteiger partial charge < -0.3 is 20.5 Å². The number of nitrogens with one attached hydrogen (secondary N) is 2. The van der Waals surface area contributed by atoms with Gasteiger partial charge in [0.2, 0.25) is 5.91 Å². The van der Waals surface area contributed by atoms with Crippen LogP contribution >= 0.6 is 0 Å². The summed E-state index contributed by atoms with van der Waals surface area (Å²) in [6, 6.07) is 16.3. The molecule has 7 nitrogen and oxygen atoms in total. The van der Waals surface area contributed by atoms with Crippen LogP contribution in [0.15, 0.2) is 48.5 Å². The Morgan fingerprint density at radius 3 is 2.18 bits per heavy atom. The van der Waals surface area contributed by atoms with Crippen LogP contribution in [-0.2, 0) is 14.3 Å². The summed E-state index contributed by atoms with van der Waals surface area (Å²) in [6.07, 6.45) is 2.04. The van der Waals surface area contributed by atoms with Gasteiger partial charge in [0.05, 0.1) is 0 Å². The second-order valence-corrected chi connectivity index (χ2v) is 8.97. The monoisotopic (exact) mass is 450 g/mol. The van der Waals surface area contributed by atoms with Crippen LogP contribution in [0.2, 0.25) is 0 Å². The lowest BCUT2D eigenvalue weighted by Crippen LogP contribution is -2.59. The summed E-state index contributed by atoms with van der Waals surface area (Å²) in [5, 5.41) is 14.8. The van der Waals surface area contributed by atoms with E-state index in [1.54, 1.807) is 0 Å². The van der Waals surface area contributed by atoms with Gasteiger partial charge in [-0.05, 0) is 47.4 Å². The number of alkyl carbamates (subject to hydrolysis) is 1. The van der Waals surface area contributed by atoms with Crippen LogP contribution in [0.25, 0.3) is 11.1 Å². The standard InChI is InChI=1S/C26H30N2O5/c1-2-17(14-23(29)28-26(24(30)31)12-7-13-26)15-27-25(32)33-16-22-20-10-5-3-8-18(20)19-9-4-6-11-21(19)22/h3-6,8-11,17,22H,2,7,12-16H2,1H3,(H,27,32)(H,28,29)(H,30,31). The van der Waals surface area contributed by atoms with E-state index < -0.39 is 17.6 Å². The number of ether oxygens (including phenoxy) is 1. The third kappa shape index (κ3) is 4.72. The first kappa shape index (κ1) is 22.8. The van der Waals surface area contributed by atoms with Crippen molar-refractivity contribution in [3.05, 3.63) is 59.7 Å². The number of hydrogen-bond donors (Lipinski definition) is 3. The summed E-state index contributed by atoms with van der Waals surface area (Å²) < 4.78 is 5.55. The van der Waals surface area contributed by atoms with Gasteiger partial charge in [0.1, 0.15) is 12.1 Å². The van der Waals surface area contributed by atoms with Crippen LogP contribution in [0.3, 0.4) is 0 Å². The second-order valence-electron chi connectivity index (χ2n) is 8.97. The molecule has 2 aliphatic carbocycles. The van der Waals surface area contributed by atoms with Gasteiger partial charge in [-0.15, -0.1) is 0 Å². The third-order valence-electron chi connectivity index (χ3n) is 6.93. The first-order valence-corrected chi connectivity index (χ1v) is 11.6. The van der Waals surface area contributed by atoms with Crippen LogP contribution in [0.4, 0.5) is 4.79 Å². The van der Waals surface area contributed by atoms with E-state index in [-0.39, 0.29) is 30.8 Å². The van der Waals surface area contributed by atoms with E-state index >= 15 is 0 Å². The van der Waals surface area contributed by atoms with Gasteiger partial charge in [0.15, 0.2) is 0 Å². The number of aliphatic carboxylic acids is 1. The maximum atomic E-state index is 12.4. The predicted molar refractivity (Wildman–Crippen MR) is 124 cm³/mol. The van der Waals surface area contributed by atoms with Gasteiger partial charge in [-0.25, -0.2) is 9.59 Å². The first-order valence-electron chi connectivity index (χ1n) is 11.6. The molecule has 174 valence electrons. The van der Waals surface area contributed by atoms with Crippen LogP contribution in [0.5, 0.6) is 0 Å². The van der Waals surface area contributed by atoms with E-state index in [1.165, 1.54) is 11.1 Å². The maximum Gasteiger partial charge on any atom is 0.407 e. The summed E-state index contributed by atoms with van der Waals surface area (Å²) in [6.45, 7) is 2.46. The molecule has 0 aromatic heterocycles. The molecule has 3 N–H and O–H groups in total. The average molecular weight is 451 g/mol. The minimum Gasteiger partial charge on any atom is -0.480 e. The molecular weight excluding hydrogens is 420 g/mol. The van der Waals surface area contributed by atoms with Gasteiger partial charge in [-0.1, -0.05) is 61.9 Å². The minimum atomic E-state index is -1.12. The number of benzene rings is 2. The third-order valence-corrected chi connectivity index (χ3v) is 6.93. The highest BCUT2D eigenvalue weighted by Crippen LogP contribution is 2.44. The summed E-state index contributed by atoms with van der Waals surface area (Å²) in [5.41, 5.74) is 3.53. The van der Waals surface area contributed by atoms with Crippen molar-refractivity contribution in [1.82, 2.24) is 10.6 Å². The van der Waals surface area contributed by atoms with E-state index in [0.717, 1.165) is 17.5 Å². The van der Waals surface area contributed by atoms with Crippen molar-refractivity contribution in [2.24, 2.45) is 5.92 Å². The van der Waals surface area contributed by atoms with E-state index in [1.807, 2.05) is 31.2 Å². The maximum absolute atomic E-state index is 12.4. The van der Waals surface area contributed by atoms with E-state index in [4.69, 9.17) is 4.74 Å². The smallest absolute Gasteiger partial charge is 0.407 e. The molecule has 33 heavy (non-hydrogen) atoms. The predicted octanol–water partition coefficient (Wildman–Crippen LogP) is 4.06. The number of amides is 2. The molecule has 2 aliphatic rings. The zero-order valence-corrected chi connectivity index (χ0v) is 18.8. The van der Waals surface area contributed by atoms with Crippen molar-refractivity contribution in [2.45, 2.75) is 50.5 Å². The summed E-state index contributed by atoms with van der Waals surface area (Å²) >= 11 is 0. The average Bonchev–Trinajstić information content (AvgIpc) is 3.11. The number of hydrogen-bond acceptors (Lipinski definition) is 4. The lowest BCUT2D eigenvalue weighted by molar-refractivity contribution is -0.151. The van der Waals surface area contributed by atoms with Crippen molar-refractivity contribution in [2.75, 3.05) is 13.2 Å². The number of carbonyl (C=O) groups excluding carboxylic acids is 2. The molecule has 1 atom stereocenters. The highest BCUT2D eigenvalue weighted by molar-refractivity contribution is 5.88. The Hall–Kier alpha value is -3.35. The lowest BCUT2D eigenvalue weighted by Gasteiger charge is -2.38. The fraction of sp³-hybridized carbons (Fsp3) is 0.423. The van der Waals surface area contributed by atoms with Crippen LogP contribution in [0, 0.1) is 5.92 Å². The van der Waals surface area contributed by atoms with Crippen LogP contribution < -0.4 is 10.6 Å². The Kier molecular flexibility index (Phi) is 6.67. The number of carbonyl (C=O) groups is 3. The van der Waals surface area contributed by atoms with Gasteiger partial charge >= 0.3 is 12.1 Å².